The molecule has 0 spiro atoms. The number of benzene rings is 6. The van der Waals surface area contributed by atoms with Crippen molar-refractivity contribution in [2.45, 2.75) is 0 Å². The maximum Gasteiger partial charge on any atom is -0.0111 e. The summed E-state index contributed by atoms with van der Waals surface area (Å²) in [5, 5.41) is 0. The summed E-state index contributed by atoms with van der Waals surface area (Å²) in [6, 6.07) is 55.8. The van der Waals surface area contributed by atoms with Gasteiger partial charge in [-0.2, -0.15) is 0 Å². The van der Waals surface area contributed by atoms with Crippen molar-refractivity contribution >= 4 is 24.3 Å². The first-order chi connectivity index (χ1) is 19.8. The zero-order valence-corrected chi connectivity index (χ0v) is 22.3. The maximum atomic E-state index is 2.31. The van der Waals surface area contributed by atoms with Crippen molar-refractivity contribution in [3.8, 4) is 33.4 Å². The van der Waals surface area contributed by atoms with E-state index in [-0.39, 0.29) is 0 Å². The van der Waals surface area contributed by atoms with Crippen LogP contribution in [0.2, 0.25) is 0 Å². The molecule has 0 aromatic heterocycles. The van der Waals surface area contributed by atoms with Gasteiger partial charge in [0.05, 0.1) is 0 Å². The minimum Gasteiger partial charge on any atom is -0.0622 e. The summed E-state index contributed by atoms with van der Waals surface area (Å²) in [7, 11) is 0. The molecule has 0 saturated carbocycles. The topological polar surface area (TPSA) is 0 Å². The fourth-order valence-corrected chi connectivity index (χ4v) is 5.02. The zero-order chi connectivity index (χ0) is 27.0. The van der Waals surface area contributed by atoms with Gasteiger partial charge >= 0.3 is 0 Å². The van der Waals surface area contributed by atoms with Gasteiger partial charge in [-0.1, -0.05) is 170 Å². The SMILES string of the molecule is C(=Cc1cc(-c2ccc(-c3ccccc3)c(C=Cc3ccccc3)c2)ccc1-c1ccccc1)c1ccccc1. The smallest absolute Gasteiger partial charge is 0.0111 e. The normalized spacial score (nSPS) is 11.3. The van der Waals surface area contributed by atoms with Crippen LogP contribution in [-0.4, -0.2) is 0 Å². The highest BCUT2D eigenvalue weighted by atomic mass is 14.1. The standard InChI is InChI=1S/C40H30/c1-5-13-31(14-6-1)21-23-37-29-35(25-27-39(37)33-17-9-3-10-18-33)36-26-28-40(34-19-11-4-12-20-34)38(30-36)24-22-32-15-7-2-8-16-32/h1-30H. The molecule has 0 radical (unpaired) electrons. The molecule has 0 unspecified atom stereocenters. The Hall–Kier alpha value is -5.20. The molecule has 40 heavy (non-hydrogen) atoms. The van der Waals surface area contributed by atoms with Gasteiger partial charge in [-0.3, -0.25) is 0 Å². The third-order valence-electron chi connectivity index (χ3n) is 7.12. The first-order valence-electron chi connectivity index (χ1n) is 13.7. The summed E-state index contributed by atoms with van der Waals surface area (Å²) >= 11 is 0. The van der Waals surface area contributed by atoms with Gasteiger partial charge in [-0.05, 0) is 67.8 Å². The Kier molecular flexibility index (Phi) is 7.60. The Balaban J connectivity index is 1.44. The zero-order valence-electron chi connectivity index (χ0n) is 22.3. The van der Waals surface area contributed by atoms with E-state index in [2.05, 4.69) is 182 Å². The molecule has 0 aliphatic heterocycles. The van der Waals surface area contributed by atoms with Crippen LogP contribution in [0, 0.1) is 0 Å². The molecule has 0 fully saturated rings. The Morgan fingerprint density at radius 3 is 1.00 bits per heavy atom. The second-order valence-corrected chi connectivity index (χ2v) is 9.82. The van der Waals surface area contributed by atoms with E-state index in [4.69, 9.17) is 0 Å². The maximum absolute atomic E-state index is 2.31. The molecule has 0 atom stereocenters. The van der Waals surface area contributed by atoms with E-state index in [1.165, 1.54) is 55.6 Å². The summed E-state index contributed by atoms with van der Waals surface area (Å²) in [5.74, 6) is 0. The summed E-state index contributed by atoms with van der Waals surface area (Å²) in [6.07, 6.45) is 8.85. The molecule has 0 aliphatic rings. The van der Waals surface area contributed by atoms with Gasteiger partial charge in [0.1, 0.15) is 0 Å². The van der Waals surface area contributed by atoms with Crippen LogP contribution in [0.25, 0.3) is 57.7 Å². The first kappa shape index (κ1) is 25.1. The Bertz CT molecular complexity index is 1610. The van der Waals surface area contributed by atoms with E-state index in [1.807, 2.05) is 0 Å². The van der Waals surface area contributed by atoms with Crippen molar-refractivity contribution in [1.82, 2.24) is 0 Å². The van der Waals surface area contributed by atoms with Crippen molar-refractivity contribution in [3.63, 3.8) is 0 Å². The summed E-state index contributed by atoms with van der Waals surface area (Å²) in [4.78, 5) is 0. The first-order valence-corrected chi connectivity index (χ1v) is 13.7. The van der Waals surface area contributed by atoms with Crippen LogP contribution in [-0.2, 0) is 0 Å². The van der Waals surface area contributed by atoms with E-state index in [9.17, 15) is 0 Å². The van der Waals surface area contributed by atoms with Gasteiger partial charge in [0.15, 0.2) is 0 Å². The molecular formula is C40H30. The fourth-order valence-electron chi connectivity index (χ4n) is 5.02. The van der Waals surface area contributed by atoms with E-state index < -0.39 is 0 Å². The van der Waals surface area contributed by atoms with Crippen molar-refractivity contribution in [2.24, 2.45) is 0 Å². The average Bonchev–Trinajstić information content (AvgIpc) is 3.04. The largest absolute Gasteiger partial charge is 0.0622 e. The summed E-state index contributed by atoms with van der Waals surface area (Å²) < 4.78 is 0. The summed E-state index contributed by atoms with van der Waals surface area (Å²) in [6.45, 7) is 0. The molecular weight excluding hydrogens is 480 g/mol. The number of hydrogen-bond acceptors (Lipinski definition) is 0. The fraction of sp³-hybridized carbons (Fsp3) is 0. The lowest BCUT2D eigenvalue weighted by atomic mass is 9.91. The van der Waals surface area contributed by atoms with Gasteiger partial charge in [-0.25, -0.2) is 0 Å². The van der Waals surface area contributed by atoms with Crippen molar-refractivity contribution in [3.05, 3.63) is 180 Å². The van der Waals surface area contributed by atoms with E-state index in [0.29, 0.717) is 0 Å². The van der Waals surface area contributed by atoms with Crippen LogP contribution in [0.1, 0.15) is 22.3 Å². The minimum absolute atomic E-state index is 1.19. The summed E-state index contributed by atoms with van der Waals surface area (Å²) in [5.41, 5.74) is 12.0. The molecule has 6 aromatic rings. The lowest BCUT2D eigenvalue weighted by Gasteiger charge is -2.13. The highest BCUT2D eigenvalue weighted by Gasteiger charge is 2.09. The van der Waals surface area contributed by atoms with Crippen LogP contribution in [0.4, 0.5) is 0 Å². The van der Waals surface area contributed by atoms with E-state index >= 15 is 0 Å². The molecule has 0 N–H and O–H groups in total. The number of hydrogen-bond donors (Lipinski definition) is 0. The Labute approximate surface area is 237 Å². The van der Waals surface area contributed by atoms with Crippen molar-refractivity contribution < 1.29 is 0 Å². The van der Waals surface area contributed by atoms with Gasteiger partial charge in [0, 0.05) is 0 Å². The van der Waals surface area contributed by atoms with Crippen LogP contribution >= 0.6 is 0 Å². The van der Waals surface area contributed by atoms with Crippen LogP contribution < -0.4 is 0 Å². The lowest BCUT2D eigenvalue weighted by Crippen LogP contribution is -1.89. The molecule has 0 heterocycles. The van der Waals surface area contributed by atoms with Gasteiger partial charge < -0.3 is 0 Å². The van der Waals surface area contributed by atoms with Gasteiger partial charge in [-0.15, -0.1) is 0 Å². The quantitative estimate of drug-likeness (QED) is 0.187. The molecule has 0 aliphatic carbocycles. The molecule has 0 amide bonds. The Morgan fingerprint density at radius 1 is 0.275 bits per heavy atom. The minimum atomic E-state index is 1.19. The number of rotatable bonds is 7. The molecule has 0 saturated heterocycles. The molecule has 6 aromatic carbocycles. The predicted molar refractivity (Wildman–Crippen MR) is 173 cm³/mol. The monoisotopic (exact) mass is 510 g/mol. The highest BCUT2D eigenvalue weighted by Crippen LogP contribution is 2.34. The molecule has 190 valence electrons. The van der Waals surface area contributed by atoms with E-state index in [0.717, 1.165) is 0 Å². The van der Waals surface area contributed by atoms with Crippen molar-refractivity contribution in [2.75, 3.05) is 0 Å². The molecule has 0 nitrogen and oxygen atoms in total. The predicted octanol–water partition coefficient (Wildman–Crippen LogP) is 11.0. The Morgan fingerprint density at radius 2 is 0.625 bits per heavy atom. The van der Waals surface area contributed by atoms with Crippen molar-refractivity contribution in [1.29, 1.82) is 0 Å². The average molecular weight is 511 g/mol. The van der Waals surface area contributed by atoms with Gasteiger partial charge in [0.2, 0.25) is 0 Å². The van der Waals surface area contributed by atoms with Gasteiger partial charge in [0.25, 0.3) is 0 Å². The molecule has 0 heteroatoms. The highest BCUT2D eigenvalue weighted by molar-refractivity contribution is 5.87. The van der Waals surface area contributed by atoms with Crippen LogP contribution in [0.3, 0.4) is 0 Å². The second-order valence-electron chi connectivity index (χ2n) is 9.82. The molecule has 0 bridgehead atoms. The second kappa shape index (κ2) is 12.1. The van der Waals surface area contributed by atoms with E-state index in [1.54, 1.807) is 0 Å². The van der Waals surface area contributed by atoms with Crippen LogP contribution in [0.15, 0.2) is 158 Å². The molecule has 6 rings (SSSR count). The van der Waals surface area contributed by atoms with Crippen LogP contribution in [0.5, 0.6) is 0 Å². The lowest BCUT2D eigenvalue weighted by molar-refractivity contribution is 1.55. The third-order valence-corrected chi connectivity index (χ3v) is 7.12. The third kappa shape index (κ3) is 5.93.